The fourth-order valence-corrected chi connectivity index (χ4v) is 2.40. The summed E-state index contributed by atoms with van der Waals surface area (Å²) in [5, 5.41) is 19.3. The Bertz CT molecular complexity index is 707. The molecule has 0 aliphatic carbocycles. The number of benzene rings is 2. The topological polar surface area (TPSA) is 72.8 Å². The molecule has 0 radical (unpaired) electrons. The Hall–Kier alpha value is -2.63. The maximum absolute atomic E-state index is 11.9. The predicted octanol–water partition coefficient (Wildman–Crippen LogP) is 3.17. The molecule has 0 saturated heterocycles. The summed E-state index contributed by atoms with van der Waals surface area (Å²) in [5.41, 5.74) is 2.61. The van der Waals surface area contributed by atoms with Crippen molar-refractivity contribution in [2.45, 2.75) is 12.5 Å². The van der Waals surface area contributed by atoms with Crippen molar-refractivity contribution in [2.24, 2.45) is 0 Å². The highest BCUT2D eigenvalue weighted by molar-refractivity contribution is 5.92. The van der Waals surface area contributed by atoms with Gasteiger partial charge in [-0.3, -0.25) is 5.21 Å². The SMILES string of the molecule is O=C1O[C@@H](C=Cc2ccc(N([O-])O)cc2)Cc2ccccc21. The molecule has 0 amide bonds. The summed E-state index contributed by atoms with van der Waals surface area (Å²) in [4.78, 5) is 11.9. The van der Waals surface area contributed by atoms with E-state index in [9.17, 15) is 10.0 Å². The Balaban J connectivity index is 1.73. The average molecular weight is 296 g/mol. The summed E-state index contributed by atoms with van der Waals surface area (Å²) in [6, 6.07) is 13.8. The molecule has 112 valence electrons. The third-order valence-electron chi connectivity index (χ3n) is 3.53. The van der Waals surface area contributed by atoms with Crippen molar-refractivity contribution < 1.29 is 14.7 Å². The molecular weight excluding hydrogens is 282 g/mol. The minimum atomic E-state index is -0.311. The molecule has 5 heteroatoms. The summed E-state index contributed by atoms with van der Waals surface area (Å²) in [5.74, 6) is -0.311. The van der Waals surface area contributed by atoms with Crippen molar-refractivity contribution in [3.05, 3.63) is 76.5 Å². The van der Waals surface area contributed by atoms with E-state index in [0.717, 1.165) is 11.1 Å². The van der Waals surface area contributed by atoms with Crippen molar-refractivity contribution in [2.75, 3.05) is 5.23 Å². The van der Waals surface area contributed by atoms with Crippen LogP contribution in [0, 0.1) is 5.21 Å². The lowest BCUT2D eigenvalue weighted by atomic mass is 9.98. The average Bonchev–Trinajstić information content (AvgIpc) is 2.53. The fourth-order valence-electron chi connectivity index (χ4n) is 2.40. The van der Waals surface area contributed by atoms with Gasteiger partial charge < -0.3 is 15.2 Å². The molecule has 2 aromatic rings. The summed E-state index contributed by atoms with van der Waals surface area (Å²) in [6.45, 7) is 0. The van der Waals surface area contributed by atoms with Crippen LogP contribution in [0.25, 0.3) is 6.08 Å². The summed E-state index contributed by atoms with van der Waals surface area (Å²) < 4.78 is 5.37. The van der Waals surface area contributed by atoms with Gasteiger partial charge in [-0.1, -0.05) is 36.4 Å². The second kappa shape index (κ2) is 6.01. The lowest BCUT2D eigenvalue weighted by Crippen LogP contribution is -2.25. The molecule has 0 unspecified atom stereocenters. The lowest BCUT2D eigenvalue weighted by molar-refractivity contribution is 0.0359. The van der Waals surface area contributed by atoms with Crippen LogP contribution in [-0.2, 0) is 11.2 Å². The molecule has 1 aliphatic heterocycles. The maximum Gasteiger partial charge on any atom is 0.339 e. The van der Waals surface area contributed by atoms with Gasteiger partial charge in [-0.05, 0) is 35.4 Å². The van der Waals surface area contributed by atoms with E-state index in [2.05, 4.69) is 0 Å². The predicted molar refractivity (Wildman–Crippen MR) is 82.5 cm³/mol. The largest absolute Gasteiger partial charge is 0.733 e. The highest BCUT2D eigenvalue weighted by Crippen LogP contribution is 2.22. The van der Waals surface area contributed by atoms with Crippen LogP contribution in [-0.4, -0.2) is 17.3 Å². The fraction of sp³-hybridized carbons (Fsp3) is 0.118. The molecule has 0 spiro atoms. The first kappa shape index (κ1) is 14.3. The van der Waals surface area contributed by atoms with E-state index < -0.39 is 0 Å². The number of esters is 1. The highest BCUT2D eigenvalue weighted by atomic mass is 16.8. The molecule has 1 aliphatic rings. The van der Waals surface area contributed by atoms with Gasteiger partial charge in [0.1, 0.15) is 6.10 Å². The van der Waals surface area contributed by atoms with Crippen molar-refractivity contribution in [3.63, 3.8) is 0 Å². The molecular formula is C17H14NO4-. The van der Waals surface area contributed by atoms with Crippen LogP contribution in [0.1, 0.15) is 21.5 Å². The van der Waals surface area contributed by atoms with E-state index in [4.69, 9.17) is 9.94 Å². The van der Waals surface area contributed by atoms with Crippen molar-refractivity contribution in [1.82, 2.24) is 0 Å². The third kappa shape index (κ3) is 3.00. The zero-order valence-electron chi connectivity index (χ0n) is 11.7. The van der Waals surface area contributed by atoms with Gasteiger partial charge in [-0.25, -0.2) is 4.79 Å². The molecule has 22 heavy (non-hydrogen) atoms. The first-order chi connectivity index (χ1) is 10.6. The number of cyclic esters (lactones) is 1. The van der Waals surface area contributed by atoms with E-state index in [-0.39, 0.29) is 23.0 Å². The molecule has 1 atom stereocenters. The second-order valence-corrected chi connectivity index (χ2v) is 5.03. The summed E-state index contributed by atoms with van der Waals surface area (Å²) >= 11 is 0. The van der Waals surface area contributed by atoms with Crippen molar-refractivity contribution in [3.8, 4) is 0 Å². The van der Waals surface area contributed by atoms with Gasteiger partial charge in [0.15, 0.2) is 0 Å². The lowest BCUT2D eigenvalue weighted by Gasteiger charge is -2.22. The van der Waals surface area contributed by atoms with E-state index in [1.807, 2.05) is 30.4 Å². The first-order valence-electron chi connectivity index (χ1n) is 6.87. The minimum absolute atomic E-state index is 0.162. The van der Waals surface area contributed by atoms with Gasteiger partial charge in [0.05, 0.1) is 11.3 Å². The molecule has 3 rings (SSSR count). The molecule has 0 fully saturated rings. The molecule has 0 saturated carbocycles. The Morgan fingerprint density at radius 1 is 1.18 bits per heavy atom. The number of hydrogen-bond acceptors (Lipinski definition) is 5. The minimum Gasteiger partial charge on any atom is -0.733 e. The molecule has 0 aromatic heterocycles. The van der Waals surface area contributed by atoms with Crippen LogP contribution in [0.3, 0.4) is 0 Å². The number of hydrogen-bond donors (Lipinski definition) is 1. The number of anilines is 1. The Kier molecular flexibility index (Phi) is 3.91. The molecule has 0 bridgehead atoms. The molecule has 5 nitrogen and oxygen atoms in total. The zero-order valence-corrected chi connectivity index (χ0v) is 11.7. The van der Waals surface area contributed by atoms with Gasteiger partial charge in [0.25, 0.3) is 0 Å². The smallest absolute Gasteiger partial charge is 0.339 e. The van der Waals surface area contributed by atoms with Gasteiger partial charge in [-0.15, -0.1) is 0 Å². The normalized spacial score (nSPS) is 17.2. The van der Waals surface area contributed by atoms with Crippen LogP contribution in [0.4, 0.5) is 5.69 Å². The van der Waals surface area contributed by atoms with Crippen molar-refractivity contribution in [1.29, 1.82) is 0 Å². The van der Waals surface area contributed by atoms with Crippen LogP contribution in [0.5, 0.6) is 0 Å². The zero-order chi connectivity index (χ0) is 15.5. The number of rotatable bonds is 3. The quantitative estimate of drug-likeness (QED) is 0.695. The van der Waals surface area contributed by atoms with Gasteiger partial charge in [-0.2, -0.15) is 0 Å². The van der Waals surface area contributed by atoms with Gasteiger partial charge in [0, 0.05) is 6.42 Å². The maximum atomic E-state index is 11.9. The molecule has 2 aromatic carbocycles. The Labute approximate surface area is 127 Å². The third-order valence-corrected chi connectivity index (χ3v) is 3.53. The number of fused-ring (bicyclic) bond motifs is 1. The van der Waals surface area contributed by atoms with E-state index >= 15 is 0 Å². The van der Waals surface area contributed by atoms with E-state index in [0.29, 0.717) is 12.0 Å². The molecule has 1 heterocycles. The van der Waals surface area contributed by atoms with Gasteiger partial charge in [0.2, 0.25) is 0 Å². The monoisotopic (exact) mass is 296 g/mol. The molecule has 1 N–H and O–H groups in total. The number of carbonyl (C=O) groups excluding carboxylic acids is 1. The van der Waals surface area contributed by atoms with E-state index in [1.54, 1.807) is 18.2 Å². The summed E-state index contributed by atoms with van der Waals surface area (Å²) in [6.07, 6.45) is 3.97. The Morgan fingerprint density at radius 3 is 2.64 bits per heavy atom. The Morgan fingerprint density at radius 2 is 1.91 bits per heavy atom. The van der Waals surface area contributed by atoms with E-state index in [1.165, 1.54) is 12.1 Å². The van der Waals surface area contributed by atoms with Crippen LogP contribution >= 0.6 is 0 Å². The summed E-state index contributed by atoms with van der Waals surface area (Å²) in [7, 11) is 0. The van der Waals surface area contributed by atoms with Crippen LogP contribution < -0.4 is 5.23 Å². The van der Waals surface area contributed by atoms with Crippen LogP contribution in [0.15, 0.2) is 54.6 Å². The number of nitrogens with zero attached hydrogens (tertiary/aromatic N) is 1. The first-order valence-corrected chi connectivity index (χ1v) is 6.87. The number of carbonyl (C=O) groups is 1. The van der Waals surface area contributed by atoms with Crippen LogP contribution in [0.2, 0.25) is 0 Å². The van der Waals surface area contributed by atoms with Crippen molar-refractivity contribution >= 4 is 17.7 Å². The standard InChI is InChI=1S/C17H14NO4/c19-17-16-4-2-1-3-13(16)11-15(22-17)10-7-12-5-8-14(9-6-12)18(20)21/h1-10,15,20H,11H2/q-1/t15-/m0/s1. The second-order valence-electron chi connectivity index (χ2n) is 5.03. The van der Waals surface area contributed by atoms with Gasteiger partial charge >= 0.3 is 5.97 Å². The highest BCUT2D eigenvalue weighted by Gasteiger charge is 2.23. The number of ether oxygens (including phenoxy) is 1.